The normalized spacial score (nSPS) is 36.1. The molecule has 0 heterocycles. The number of hydrogen-bond donors (Lipinski definition) is 2. The van der Waals surface area contributed by atoms with Gasteiger partial charge in [0.2, 0.25) is 0 Å². The van der Waals surface area contributed by atoms with Gasteiger partial charge in [0.05, 0.1) is 0 Å². The molecule has 0 bridgehead atoms. The summed E-state index contributed by atoms with van der Waals surface area (Å²) < 4.78 is 0. The molecule has 0 spiro atoms. The lowest BCUT2D eigenvalue weighted by molar-refractivity contribution is -0.143. The van der Waals surface area contributed by atoms with Gasteiger partial charge in [-0.05, 0) is 39.2 Å². The van der Waals surface area contributed by atoms with E-state index in [9.17, 15) is 4.79 Å². The standard InChI is InChI=1S/C12H22N2O2/c1-14(9-4-2-3-5-9)10-6-7-12(13,8-10)11(15)16/h9-10H,2-8,13H2,1H3,(H,15,16). The molecule has 2 unspecified atom stereocenters. The summed E-state index contributed by atoms with van der Waals surface area (Å²) in [7, 11) is 2.13. The van der Waals surface area contributed by atoms with E-state index >= 15 is 0 Å². The van der Waals surface area contributed by atoms with Crippen LogP contribution in [0.4, 0.5) is 0 Å². The molecule has 0 aromatic heterocycles. The molecule has 92 valence electrons. The fourth-order valence-electron chi connectivity index (χ4n) is 3.20. The van der Waals surface area contributed by atoms with E-state index in [0.29, 0.717) is 24.9 Å². The predicted molar refractivity (Wildman–Crippen MR) is 62.2 cm³/mol. The van der Waals surface area contributed by atoms with E-state index in [-0.39, 0.29) is 0 Å². The van der Waals surface area contributed by atoms with Crippen LogP contribution < -0.4 is 5.73 Å². The van der Waals surface area contributed by atoms with Crippen LogP contribution in [0.25, 0.3) is 0 Å². The lowest BCUT2D eigenvalue weighted by Gasteiger charge is -2.31. The molecule has 0 aliphatic heterocycles. The molecular weight excluding hydrogens is 204 g/mol. The first-order valence-corrected chi connectivity index (χ1v) is 6.27. The molecule has 2 rings (SSSR count). The van der Waals surface area contributed by atoms with Crippen LogP contribution in [0, 0.1) is 0 Å². The first kappa shape index (κ1) is 11.9. The number of rotatable bonds is 3. The van der Waals surface area contributed by atoms with Crippen LogP contribution in [0.1, 0.15) is 44.9 Å². The molecule has 2 atom stereocenters. The Bertz CT molecular complexity index is 276. The zero-order valence-electron chi connectivity index (χ0n) is 9.98. The second-order valence-corrected chi connectivity index (χ2v) is 5.46. The molecule has 2 saturated carbocycles. The van der Waals surface area contributed by atoms with Gasteiger partial charge in [0.15, 0.2) is 0 Å². The molecule has 0 amide bonds. The molecule has 0 saturated heterocycles. The van der Waals surface area contributed by atoms with Crippen LogP contribution in [0.5, 0.6) is 0 Å². The van der Waals surface area contributed by atoms with Gasteiger partial charge in [-0.2, -0.15) is 0 Å². The van der Waals surface area contributed by atoms with Crippen molar-refractivity contribution in [3.05, 3.63) is 0 Å². The SMILES string of the molecule is CN(C1CCCC1)C1CCC(N)(C(=O)O)C1. The zero-order valence-corrected chi connectivity index (χ0v) is 9.98. The highest BCUT2D eigenvalue weighted by atomic mass is 16.4. The summed E-state index contributed by atoms with van der Waals surface area (Å²) in [6, 6.07) is 1.02. The van der Waals surface area contributed by atoms with E-state index in [2.05, 4.69) is 11.9 Å². The number of carboxylic acids is 1. The Morgan fingerprint density at radius 1 is 1.31 bits per heavy atom. The molecule has 0 aromatic rings. The van der Waals surface area contributed by atoms with Gasteiger partial charge in [-0.1, -0.05) is 12.8 Å². The molecule has 4 heteroatoms. The number of carbonyl (C=O) groups is 1. The van der Waals surface area contributed by atoms with Gasteiger partial charge in [-0.25, -0.2) is 0 Å². The van der Waals surface area contributed by atoms with Crippen molar-refractivity contribution in [1.82, 2.24) is 4.90 Å². The van der Waals surface area contributed by atoms with E-state index in [1.807, 2.05) is 0 Å². The molecule has 2 fully saturated rings. The van der Waals surface area contributed by atoms with E-state index in [1.165, 1.54) is 25.7 Å². The van der Waals surface area contributed by atoms with Gasteiger partial charge in [-0.15, -0.1) is 0 Å². The average molecular weight is 226 g/mol. The van der Waals surface area contributed by atoms with E-state index in [4.69, 9.17) is 10.8 Å². The highest BCUT2D eigenvalue weighted by molar-refractivity contribution is 5.79. The molecule has 0 aromatic carbocycles. The largest absolute Gasteiger partial charge is 0.480 e. The molecular formula is C12H22N2O2. The van der Waals surface area contributed by atoms with Crippen LogP contribution in [-0.2, 0) is 4.79 Å². The Kier molecular flexibility index (Phi) is 3.22. The van der Waals surface area contributed by atoms with Crippen molar-refractivity contribution in [3.63, 3.8) is 0 Å². The molecule has 2 aliphatic carbocycles. The van der Waals surface area contributed by atoms with Gasteiger partial charge in [0.25, 0.3) is 0 Å². The van der Waals surface area contributed by atoms with Gasteiger partial charge in [0, 0.05) is 12.1 Å². The van der Waals surface area contributed by atoms with Crippen LogP contribution >= 0.6 is 0 Å². The Morgan fingerprint density at radius 3 is 2.44 bits per heavy atom. The fourth-order valence-corrected chi connectivity index (χ4v) is 3.20. The van der Waals surface area contributed by atoms with Crippen molar-refractivity contribution in [1.29, 1.82) is 0 Å². The first-order valence-electron chi connectivity index (χ1n) is 6.27. The number of nitrogens with two attached hydrogens (primary N) is 1. The molecule has 2 aliphatic rings. The monoisotopic (exact) mass is 226 g/mol. The van der Waals surface area contributed by atoms with E-state index in [0.717, 1.165) is 6.42 Å². The van der Waals surface area contributed by atoms with Crippen molar-refractivity contribution in [2.24, 2.45) is 5.73 Å². The topological polar surface area (TPSA) is 66.6 Å². The Balaban J connectivity index is 1.95. The van der Waals surface area contributed by atoms with Crippen molar-refractivity contribution < 1.29 is 9.90 Å². The zero-order chi connectivity index (χ0) is 11.8. The minimum atomic E-state index is -0.975. The number of hydrogen-bond acceptors (Lipinski definition) is 3. The maximum atomic E-state index is 11.1. The van der Waals surface area contributed by atoms with Crippen molar-refractivity contribution in [2.45, 2.75) is 62.6 Å². The molecule has 4 nitrogen and oxygen atoms in total. The number of carboxylic acid groups (broad SMARTS) is 1. The lowest BCUT2D eigenvalue weighted by atomic mass is 9.99. The van der Waals surface area contributed by atoms with Gasteiger partial charge >= 0.3 is 5.97 Å². The lowest BCUT2D eigenvalue weighted by Crippen LogP contribution is -2.47. The van der Waals surface area contributed by atoms with Crippen LogP contribution in [0.2, 0.25) is 0 Å². The number of aliphatic carboxylic acids is 1. The Hall–Kier alpha value is -0.610. The Morgan fingerprint density at radius 2 is 1.94 bits per heavy atom. The maximum absolute atomic E-state index is 11.1. The third kappa shape index (κ3) is 2.09. The molecule has 16 heavy (non-hydrogen) atoms. The summed E-state index contributed by atoms with van der Waals surface area (Å²) in [4.78, 5) is 13.4. The average Bonchev–Trinajstić information content (AvgIpc) is 2.85. The van der Waals surface area contributed by atoms with Crippen LogP contribution in [-0.4, -0.2) is 40.6 Å². The fraction of sp³-hybridized carbons (Fsp3) is 0.917. The van der Waals surface area contributed by atoms with E-state index < -0.39 is 11.5 Å². The second-order valence-electron chi connectivity index (χ2n) is 5.46. The summed E-state index contributed by atoms with van der Waals surface area (Å²) in [6.07, 6.45) is 7.30. The summed E-state index contributed by atoms with van der Waals surface area (Å²) in [5, 5.41) is 9.09. The maximum Gasteiger partial charge on any atom is 0.323 e. The van der Waals surface area contributed by atoms with Gasteiger partial charge in [0.1, 0.15) is 5.54 Å². The minimum absolute atomic E-state index is 0.365. The number of nitrogens with zero attached hydrogens (tertiary/aromatic N) is 1. The third-order valence-corrected chi connectivity index (χ3v) is 4.43. The first-order chi connectivity index (χ1) is 7.53. The minimum Gasteiger partial charge on any atom is -0.480 e. The Labute approximate surface area is 96.8 Å². The molecule has 0 radical (unpaired) electrons. The predicted octanol–water partition coefficient (Wildman–Crippen LogP) is 1.20. The van der Waals surface area contributed by atoms with Crippen molar-refractivity contribution in [3.8, 4) is 0 Å². The summed E-state index contributed by atoms with van der Waals surface area (Å²) in [5.74, 6) is -0.838. The quantitative estimate of drug-likeness (QED) is 0.758. The third-order valence-electron chi connectivity index (χ3n) is 4.43. The van der Waals surface area contributed by atoms with E-state index in [1.54, 1.807) is 0 Å². The summed E-state index contributed by atoms with van der Waals surface area (Å²) >= 11 is 0. The molecule has 3 N–H and O–H groups in total. The highest BCUT2D eigenvalue weighted by Crippen LogP contribution is 2.34. The van der Waals surface area contributed by atoms with Crippen LogP contribution in [0.15, 0.2) is 0 Å². The summed E-state index contributed by atoms with van der Waals surface area (Å²) in [6.45, 7) is 0. The smallest absolute Gasteiger partial charge is 0.323 e. The summed E-state index contributed by atoms with van der Waals surface area (Å²) in [5.41, 5.74) is 4.93. The van der Waals surface area contributed by atoms with Crippen molar-refractivity contribution in [2.75, 3.05) is 7.05 Å². The second kappa shape index (κ2) is 4.34. The van der Waals surface area contributed by atoms with Gasteiger partial charge in [-0.3, -0.25) is 4.79 Å². The van der Waals surface area contributed by atoms with Crippen molar-refractivity contribution >= 4 is 5.97 Å². The van der Waals surface area contributed by atoms with Gasteiger partial charge < -0.3 is 15.7 Å². The van der Waals surface area contributed by atoms with Crippen LogP contribution in [0.3, 0.4) is 0 Å². The highest BCUT2D eigenvalue weighted by Gasteiger charge is 2.44.